The number of benzene rings is 3. The van der Waals surface area contributed by atoms with Crippen LogP contribution >= 0.6 is 0 Å². The molecule has 1 amide bonds. The number of carbonyl (C=O) groups excluding carboxylic acids is 1. The van der Waals surface area contributed by atoms with E-state index in [1.54, 1.807) is 11.9 Å². The molecule has 3 aromatic rings. The van der Waals surface area contributed by atoms with Crippen molar-refractivity contribution in [1.82, 2.24) is 5.32 Å². The molecule has 3 rings (SSSR count). The first-order valence-corrected chi connectivity index (χ1v) is 8.79. The van der Waals surface area contributed by atoms with Crippen LogP contribution < -0.4 is 10.2 Å². The normalized spacial score (nSPS) is 11.7. The molecule has 0 heterocycles. The van der Waals surface area contributed by atoms with Crippen molar-refractivity contribution in [3.05, 3.63) is 78.4 Å². The fourth-order valence-electron chi connectivity index (χ4n) is 3.12. The molecule has 0 unspecified atom stereocenters. The van der Waals surface area contributed by atoms with Gasteiger partial charge in [-0.25, -0.2) is 4.79 Å². The van der Waals surface area contributed by atoms with E-state index in [4.69, 9.17) is 0 Å². The SMILES string of the molecule is CN(CC(=O)N[C@@H](Cc1cccc2ccccc12)C(=O)O)c1ccccc1. The lowest BCUT2D eigenvalue weighted by Gasteiger charge is -2.21. The predicted molar refractivity (Wildman–Crippen MR) is 107 cm³/mol. The van der Waals surface area contributed by atoms with E-state index >= 15 is 0 Å². The number of aliphatic carboxylic acids is 1. The number of anilines is 1. The number of carboxylic acids is 1. The molecule has 0 spiro atoms. The van der Waals surface area contributed by atoms with Gasteiger partial charge in [-0.1, -0.05) is 60.7 Å². The number of nitrogens with zero attached hydrogens (tertiary/aromatic N) is 1. The van der Waals surface area contributed by atoms with E-state index in [1.165, 1.54) is 0 Å². The van der Waals surface area contributed by atoms with Crippen molar-refractivity contribution in [3.8, 4) is 0 Å². The van der Waals surface area contributed by atoms with Crippen LogP contribution in [0.1, 0.15) is 5.56 Å². The van der Waals surface area contributed by atoms with E-state index in [2.05, 4.69) is 5.32 Å². The summed E-state index contributed by atoms with van der Waals surface area (Å²) < 4.78 is 0. The van der Waals surface area contributed by atoms with Gasteiger partial charge in [0.05, 0.1) is 6.54 Å². The zero-order valence-electron chi connectivity index (χ0n) is 15.1. The van der Waals surface area contributed by atoms with Crippen LogP contribution in [0.3, 0.4) is 0 Å². The number of para-hydroxylation sites is 1. The minimum Gasteiger partial charge on any atom is -0.480 e. The number of nitrogens with one attached hydrogen (secondary N) is 1. The minimum atomic E-state index is -1.04. The monoisotopic (exact) mass is 362 g/mol. The quantitative estimate of drug-likeness (QED) is 0.678. The Kier molecular flexibility index (Phi) is 5.71. The third kappa shape index (κ3) is 4.64. The largest absolute Gasteiger partial charge is 0.480 e. The molecule has 0 saturated heterocycles. The number of amides is 1. The van der Waals surface area contributed by atoms with E-state index in [9.17, 15) is 14.7 Å². The highest BCUT2D eigenvalue weighted by atomic mass is 16.4. The van der Waals surface area contributed by atoms with Gasteiger partial charge in [-0.3, -0.25) is 4.79 Å². The van der Waals surface area contributed by atoms with E-state index < -0.39 is 12.0 Å². The Hall–Kier alpha value is -3.34. The van der Waals surface area contributed by atoms with Gasteiger partial charge >= 0.3 is 5.97 Å². The molecule has 0 aliphatic rings. The summed E-state index contributed by atoms with van der Waals surface area (Å²) in [5, 5.41) is 14.3. The van der Waals surface area contributed by atoms with Crippen LogP contribution in [0.25, 0.3) is 10.8 Å². The fourth-order valence-corrected chi connectivity index (χ4v) is 3.12. The van der Waals surface area contributed by atoms with E-state index in [0.717, 1.165) is 22.0 Å². The average molecular weight is 362 g/mol. The number of carbonyl (C=O) groups is 2. The number of rotatable bonds is 7. The topological polar surface area (TPSA) is 69.6 Å². The van der Waals surface area contributed by atoms with Crippen LogP contribution in [0.2, 0.25) is 0 Å². The molecule has 2 N–H and O–H groups in total. The zero-order valence-corrected chi connectivity index (χ0v) is 15.1. The summed E-state index contributed by atoms with van der Waals surface area (Å²) >= 11 is 0. The highest BCUT2D eigenvalue weighted by Crippen LogP contribution is 2.20. The average Bonchev–Trinajstić information content (AvgIpc) is 2.68. The predicted octanol–water partition coefficient (Wildman–Crippen LogP) is 3.09. The van der Waals surface area contributed by atoms with Gasteiger partial charge in [-0.05, 0) is 28.5 Å². The molecule has 27 heavy (non-hydrogen) atoms. The maximum atomic E-state index is 12.4. The second kappa shape index (κ2) is 8.36. The van der Waals surface area contributed by atoms with Gasteiger partial charge in [-0.2, -0.15) is 0 Å². The molecule has 138 valence electrons. The molecule has 0 aliphatic carbocycles. The number of likely N-dealkylation sites (N-methyl/N-ethyl adjacent to an activating group) is 1. The number of fused-ring (bicyclic) bond motifs is 1. The molecule has 0 fully saturated rings. The number of carboxylic acid groups (broad SMARTS) is 1. The Morgan fingerprint density at radius 2 is 1.63 bits per heavy atom. The van der Waals surface area contributed by atoms with Gasteiger partial charge in [0.15, 0.2) is 0 Å². The van der Waals surface area contributed by atoms with Gasteiger partial charge in [-0.15, -0.1) is 0 Å². The zero-order chi connectivity index (χ0) is 19.2. The molecular weight excluding hydrogens is 340 g/mol. The third-order valence-corrected chi connectivity index (χ3v) is 4.52. The van der Waals surface area contributed by atoms with Crippen LogP contribution in [0.5, 0.6) is 0 Å². The molecular formula is C22H22N2O3. The molecule has 3 aromatic carbocycles. The van der Waals surface area contributed by atoms with Gasteiger partial charge in [0.1, 0.15) is 6.04 Å². The van der Waals surface area contributed by atoms with Crippen LogP contribution in [0.15, 0.2) is 72.8 Å². The van der Waals surface area contributed by atoms with Crippen LogP contribution in [0.4, 0.5) is 5.69 Å². The molecule has 0 aromatic heterocycles. The Morgan fingerprint density at radius 3 is 2.37 bits per heavy atom. The van der Waals surface area contributed by atoms with Crippen LogP contribution in [-0.4, -0.2) is 36.6 Å². The highest BCUT2D eigenvalue weighted by Gasteiger charge is 2.22. The minimum absolute atomic E-state index is 0.0866. The number of hydrogen-bond acceptors (Lipinski definition) is 3. The second-order valence-corrected chi connectivity index (χ2v) is 6.49. The Labute approximate surface area is 158 Å². The molecule has 5 heteroatoms. The van der Waals surface area contributed by atoms with Crippen molar-refractivity contribution in [3.63, 3.8) is 0 Å². The smallest absolute Gasteiger partial charge is 0.326 e. The molecule has 0 bridgehead atoms. The Morgan fingerprint density at radius 1 is 0.963 bits per heavy atom. The summed E-state index contributed by atoms with van der Waals surface area (Å²) in [6, 6.07) is 22.1. The number of hydrogen-bond donors (Lipinski definition) is 2. The van der Waals surface area contributed by atoms with E-state index in [-0.39, 0.29) is 18.9 Å². The van der Waals surface area contributed by atoms with Gasteiger partial charge < -0.3 is 15.3 Å². The van der Waals surface area contributed by atoms with E-state index in [1.807, 2.05) is 72.8 Å². The first kappa shape index (κ1) is 18.5. The molecule has 5 nitrogen and oxygen atoms in total. The lowest BCUT2D eigenvalue weighted by atomic mass is 9.99. The van der Waals surface area contributed by atoms with Gasteiger partial charge in [0.25, 0.3) is 0 Å². The standard InChI is InChI=1S/C22H22N2O3/c1-24(18-11-3-2-4-12-18)15-21(25)23-20(22(26)27)14-17-10-7-9-16-8-5-6-13-19(16)17/h2-13,20H,14-15H2,1H3,(H,23,25)(H,26,27)/t20-/m0/s1. The lowest BCUT2D eigenvalue weighted by molar-refractivity contribution is -0.141. The summed E-state index contributed by atoms with van der Waals surface area (Å²) in [5.74, 6) is -1.37. The second-order valence-electron chi connectivity index (χ2n) is 6.49. The Bertz CT molecular complexity index is 935. The molecule has 0 radical (unpaired) electrons. The molecule has 1 atom stereocenters. The Balaban J connectivity index is 1.70. The van der Waals surface area contributed by atoms with E-state index in [0.29, 0.717) is 0 Å². The van der Waals surface area contributed by atoms with Crippen molar-refractivity contribution in [1.29, 1.82) is 0 Å². The summed E-state index contributed by atoms with van der Waals surface area (Å²) in [5.41, 5.74) is 1.80. The third-order valence-electron chi connectivity index (χ3n) is 4.52. The summed E-state index contributed by atoms with van der Waals surface area (Å²) in [7, 11) is 1.80. The maximum absolute atomic E-state index is 12.4. The van der Waals surface area contributed by atoms with Crippen molar-refractivity contribution < 1.29 is 14.7 Å². The molecule has 0 saturated carbocycles. The summed E-state index contributed by atoms with van der Waals surface area (Å²) in [6.45, 7) is 0.0866. The van der Waals surface area contributed by atoms with Crippen molar-refractivity contribution in [2.24, 2.45) is 0 Å². The van der Waals surface area contributed by atoms with Crippen molar-refractivity contribution in [2.45, 2.75) is 12.5 Å². The lowest BCUT2D eigenvalue weighted by Crippen LogP contribution is -2.46. The van der Waals surface area contributed by atoms with Gasteiger partial charge in [0.2, 0.25) is 5.91 Å². The maximum Gasteiger partial charge on any atom is 0.326 e. The van der Waals surface area contributed by atoms with Crippen molar-refractivity contribution >= 4 is 28.3 Å². The highest BCUT2D eigenvalue weighted by molar-refractivity contribution is 5.89. The summed E-state index contributed by atoms with van der Waals surface area (Å²) in [4.78, 5) is 25.9. The first-order chi connectivity index (χ1) is 13.0. The summed E-state index contributed by atoms with van der Waals surface area (Å²) in [6.07, 6.45) is 0.234. The fraction of sp³-hybridized carbons (Fsp3) is 0.182. The van der Waals surface area contributed by atoms with Crippen LogP contribution in [-0.2, 0) is 16.0 Å². The first-order valence-electron chi connectivity index (χ1n) is 8.79. The van der Waals surface area contributed by atoms with Gasteiger partial charge in [0, 0.05) is 19.2 Å². The van der Waals surface area contributed by atoms with Crippen LogP contribution in [0, 0.1) is 0 Å². The van der Waals surface area contributed by atoms with Crippen molar-refractivity contribution in [2.75, 3.05) is 18.5 Å². The molecule has 0 aliphatic heterocycles.